The van der Waals surface area contributed by atoms with E-state index in [0.29, 0.717) is 12.3 Å². The summed E-state index contributed by atoms with van der Waals surface area (Å²) in [5.41, 5.74) is 8.50. The van der Waals surface area contributed by atoms with E-state index >= 15 is 0 Å². The van der Waals surface area contributed by atoms with Gasteiger partial charge in [-0.3, -0.25) is 0 Å². The molecule has 2 rings (SSSR count). The standard InChI is InChI=1S/C22H30N2O3/c1-7-10-27-22-15(2)11-19(12-16(22)3)17(4)24-23-14-18-8-9-20(25-5)21(13-18)26-6/h8-9,11-13,23H,7,10,14H2,1-6H3/b24-17-. The molecule has 0 aliphatic carbocycles. The molecule has 0 atom stereocenters. The zero-order chi connectivity index (χ0) is 19.8. The van der Waals surface area contributed by atoms with Gasteiger partial charge >= 0.3 is 0 Å². The summed E-state index contributed by atoms with van der Waals surface area (Å²) in [4.78, 5) is 0. The second-order valence-electron chi connectivity index (χ2n) is 6.51. The molecule has 0 amide bonds. The Bertz CT molecular complexity index is 777. The predicted molar refractivity (Wildman–Crippen MR) is 110 cm³/mol. The van der Waals surface area contributed by atoms with Gasteiger partial charge in [0.25, 0.3) is 0 Å². The summed E-state index contributed by atoms with van der Waals surface area (Å²) in [6, 6.07) is 10.1. The second kappa shape index (κ2) is 9.86. The van der Waals surface area contributed by atoms with Crippen molar-refractivity contribution >= 4 is 5.71 Å². The van der Waals surface area contributed by atoms with Gasteiger partial charge in [-0.05, 0) is 73.7 Å². The number of nitrogens with zero attached hydrogens (tertiary/aromatic N) is 1. The third-order valence-corrected chi connectivity index (χ3v) is 4.31. The monoisotopic (exact) mass is 370 g/mol. The van der Waals surface area contributed by atoms with Crippen molar-refractivity contribution < 1.29 is 14.2 Å². The fourth-order valence-corrected chi connectivity index (χ4v) is 2.90. The van der Waals surface area contributed by atoms with Gasteiger partial charge < -0.3 is 19.6 Å². The van der Waals surface area contributed by atoms with Crippen LogP contribution in [0.1, 0.15) is 42.5 Å². The summed E-state index contributed by atoms with van der Waals surface area (Å²) >= 11 is 0. The molecule has 2 aromatic carbocycles. The van der Waals surface area contributed by atoms with Crippen molar-refractivity contribution in [2.45, 2.75) is 40.7 Å². The van der Waals surface area contributed by atoms with Gasteiger partial charge in [-0.25, -0.2) is 0 Å². The summed E-state index contributed by atoms with van der Waals surface area (Å²) in [5, 5.41) is 4.52. The van der Waals surface area contributed by atoms with Crippen LogP contribution in [0.2, 0.25) is 0 Å². The zero-order valence-electron chi connectivity index (χ0n) is 17.2. The van der Waals surface area contributed by atoms with Crippen LogP contribution < -0.4 is 19.6 Å². The van der Waals surface area contributed by atoms with Crippen LogP contribution in [0.25, 0.3) is 0 Å². The highest BCUT2D eigenvalue weighted by Gasteiger charge is 2.08. The number of hydrogen-bond acceptors (Lipinski definition) is 5. The molecule has 0 aliphatic heterocycles. The molecule has 5 heteroatoms. The molecule has 0 unspecified atom stereocenters. The first-order chi connectivity index (χ1) is 13.0. The number of hydrazone groups is 1. The minimum Gasteiger partial charge on any atom is -0.493 e. The lowest BCUT2D eigenvalue weighted by atomic mass is 10.0. The third kappa shape index (κ3) is 5.39. The van der Waals surface area contributed by atoms with Gasteiger partial charge in [-0.1, -0.05) is 13.0 Å². The summed E-state index contributed by atoms with van der Waals surface area (Å²) < 4.78 is 16.5. The molecular weight excluding hydrogens is 340 g/mol. The maximum absolute atomic E-state index is 5.85. The molecule has 0 heterocycles. The molecule has 0 fully saturated rings. The fraction of sp³-hybridized carbons (Fsp3) is 0.409. The maximum atomic E-state index is 5.85. The Labute approximate surface area is 162 Å². The first kappa shape index (κ1) is 20.6. The molecule has 27 heavy (non-hydrogen) atoms. The maximum Gasteiger partial charge on any atom is 0.161 e. The molecule has 2 aromatic rings. The molecule has 1 N–H and O–H groups in total. The van der Waals surface area contributed by atoms with Gasteiger partial charge in [0, 0.05) is 0 Å². The normalized spacial score (nSPS) is 11.3. The van der Waals surface area contributed by atoms with Crippen LogP contribution in [0.3, 0.4) is 0 Å². The Balaban J connectivity index is 2.07. The lowest BCUT2D eigenvalue weighted by molar-refractivity contribution is 0.313. The van der Waals surface area contributed by atoms with Crippen molar-refractivity contribution in [3.05, 3.63) is 52.6 Å². The first-order valence-corrected chi connectivity index (χ1v) is 9.22. The fourth-order valence-electron chi connectivity index (χ4n) is 2.90. The number of nitrogens with one attached hydrogen (secondary N) is 1. The minimum atomic E-state index is 0.605. The quantitative estimate of drug-likeness (QED) is 0.517. The van der Waals surface area contributed by atoms with E-state index in [-0.39, 0.29) is 0 Å². The number of rotatable bonds is 9. The van der Waals surface area contributed by atoms with Crippen molar-refractivity contribution in [2.75, 3.05) is 20.8 Å². The summed E-state index contributed by atoms with van der Waals surface area (Å²) in [6.45, 7) is 9.61. The van der Waals surface area contributed by atoms with E-state index in [0.717, 1.165) is 52.5 Å². The van der Waals surface area contributed by atoms with Crippen molar-refractivity contribution in [1.82, 2.24) is 5.43 Å². The number of methoxy groups -OCH3 is 2. The summed E-state index contributed by atoms with van der Waals surface area (Å²) in [6.07, 6.45) is 1.00. The van der Waals surface area contributed by atoms with Crippen molar-refractivity contribution in [3.63, 3.8) is 0 Å². The number of aryl methyl sites for hydroxylation is 2. The molecule has 0 radical (unpaired) electrons. The van der Waals surface area contributed by atoms with Crippen LogP contribution in [-0.2, 0) is 6.54 Å². The molecule has 0 aromatic heterocycles. The SMILES string of the molecule is CCCOc1c(C)cc(/C(C)=N\NCc2ccc(OC)c(OC)c2)cc1C. The predicted octanol–water partition coefficient (Wildman–Crippen LogP) is 4.62. The molecule has 0 spiro atoms. The Morgan fingerprint density at radius 3 is 2.26 bits per heavy atom. The molecule has 5 nitrogen and oxygen atoms in total. The minimum absolute atomic E-state index is 0.605. The van der Waals surface area contributed by atoms with E-state index in [9.17, 15) is 0 Å². The van der Waals surface area contributed by atoms with Gasteiger partial charge in [-0.15, -0.1) is 0 Å². The average Bonchev–Trinajstić information content (AvgIpc) is 2.67. The van der Waals surface area contributed by atoms with Gasteiger partial charge in [0.1, 0.15) is 5.75 Å². The van der Waals surface area contributed by atoms with E-state index in [1.54, 1.807) is 14.2 Å². The van der Waals surface area contributed by atoms with Gasteiger partial charge in [0.15, 0.2) is 11.5 Å². The van der Waals surface area contributed by atoms with Crippen LogP contribution in [0, 0.1) is 13.8 Å². The smallest absolute Gasteiger partial charge is 0.161 e. The van der Waals surface area contributed by atoms with Crippen LogP contribution in [0.4, 0.5) is 0 Å². The van der Waals surface area contributed by atoms with Crippen molar-refractivity contribution in [2.24, 2.45) is 5.10 Å². The van der Waals surface area contributed by atoms with E-state index in [2.05, 4.69) is 43.4 Å². The number of hydrogen-bond donors (Lipinski definition) is 1. The molecule has 0 saturated carbocycles. The van der Waals surface area contributed by atoms with E-state index < -0.39 is 0 Å². The van der Waals surface area contributed by atoms with Crippen molar-refractivity contribution in [3.8, 4) is 17.2 Å². The molecular formula is C22H30N2O3. The van der Waals surface area contributed by atoms with E-state index in [4.69, 9.17) is 14.2 Å². The highest BCUT2D eigenvalue weighted by Crippen LogP contribution is 2.27. The Kier molecular flexibility index (Phi) is 7.53. The summed E-state index contributed by atoms with van der Waals surface area (Å²) in [7, 11) is 3.27. The Morgan fingerprint density at radius 1 is 1.00 bits per heavy atom. The summed E-state index contributed by atoms with van der Waals surface area (Å²) in [5.74, 6) is 2.41. The molecule has 0 saturated heterocycles. The van der Waals surface area contributed by atoms with Crippen LogP contribution >= 0.6 is 0 Å². The van der Waals surface area contributed by atoms with Gasteiger partial charge in [0.05, 0.1) is 33.1 Å². The van der Waals surface area contributed by atoms with Crippen LogP contribution in [0.15, 0.2) is 35.4 Å². The Morgan fingerprint density at radius 2 is 1.67 bits per heavy atom. The largest absolute Gasteiger partial charge is 0.493 e. The van der Waals surface area contributed by atoms with Crippen LogP contribution in [0.5, 0.6) is 17.2 Å². The lowest BCUT2D eigenvalue weighted by Crippen LogP contribution is -2.10. The highest BCUT2D eigenvalue weighted by atomic mass is 16.5. The average molecular weight is 370 g/mol. The highest BCUT2D eigenvalue weighted by molar-refractivity contribution is 5.99. The molecule has 0 bridgehead atoms. The third-order valence-electron chi connectivity index (χ3n) is 4.31. The van der Waals surface area contributed by atoms with E-state index in [1.807, 2.05) is 25.1 Å². The zero-order valence-corrected chi connectivity index (χ0v) is 17.2. The number of ether oxygens (including phenoxy) is 3. The number of benzene rings is 2. The van der Waals surface area contributed by atoms with E-state index in [1.165, 1.54) is 0 Å². The molecule has 0 aliphatic rings. The lowest BCUT2D eigenvalue weighted by Gasteiger charge is -2.14. The molecule has 146 valence electrons. The van der Waals surface area contributed by atoms with Gasteiger partial charge in [0.2, 0.25) is 0 Å². The van der Waals surface area contributed by atoms with Crippen LogP contribution in [-0.4, -0.2) is 26.5 Å². The Hall–Kier alpha value is -2.69. The van der Waals surface area contributed by atoms with Gasteiger partial charge in [-0.2, -0.15) is 5.10 Å². The topological polar surface area (TPSA) is 52.1 Å². The van der Waals surface area contributed by atoms with Crippen molar-refractivity contribution in [1.29, 1.82) is 0 Å². The first-order valence-electron chi connectivity index (χ1n) is 9.22. The second-order valence-corrected chi connectivity index (χ2v) is 6.51.